The van der Waals surface area contributed by atoms with E-state index in [1.165, 1.54) is 25.7 Å². The minimum absolute atomic E-state index is 0.0196. The fourth-order valence-corrected chi connectivity index (χ4v) is 4.74. The molecule has 5 nitrogen and oxygen atoms in total. The van der Waals surface area contributed by atoms with Crippen LogP contribution < -0.4 is 0 Å². The molecule has 1 N–H and O–H groups in total. The van der Waals surface area contributed by atoms with Gasteiger partial charge in [0, 0.05) is 11.4 Å². The number of hydrogen-bond donors (Lipinski definition) is 1. The number of hydrogen-bond acceptors (Lipinski definition) is 5. The first-order valence-electron chi connectivity index (χ1n) is 8.09. The lowest BCUT2D eigenvalue weighted by Gasteiger charge is -2.15. The van der Waals surface area contributed by atoms with Crippen LogP contribution in [0.3, 0.4) is 0 Å². The Morgan fingerprint density at radius 3 is 2.86 bits per heavy atom. The Morgan fingerprint density at radius 2 is 2.09 bits per heavy atom. The molecular formula is C16H21N3O2S. The van der Waals surface area contributed by atoms with Crippen molar-refractivity contribution in [3.8, 4) is 0 Å². The molecule has 22 heavy (non-hydrogen) atoms. The van der Waals surface area contributed by atoms with Gasteiger partial charge in [-0.15, -0.1) is 11.8 Å². The van der Waals surface area contributed by atoms with E-state index in [0.29, 0.717) is 5.25 Å². The lowest BCUT2D eigenvalue weighted by Crippen LogP contribution is -2.14. The van der Waals surface area contributed by atoms with E-state index in [4.69, 9.17) is 4.74 Å². The van der Waals surface area contributed by atoms with Gasteiger partial charge in [0.1, 0.15) is 23.2 Å². The van der Waals surface area contributed by atoms with E-state index in [-0.39, 0.29) is 18.9 Å². The predicted octanol–water partition coefficient (Wildman–Crippen LogP) is 3.14. The van der Waals surface area contributed by atoms with Crippen LogP contribution in [0.25, 0.3) is 11.0 Å². The summed E-state index contributed by atoms with van der Waals surface area (Å²) in [5, 5.41) is 12.1. The lowest BCUT2D eigenvalue weighted by molar-refractivity contribution is -0.0204. The molecule has 1 aliphatic carbocycles. The van der Waals surface area contributed by atoms with Gasteiger partial charge in [0.2, 0.25) is 0 Å². The van der Waals surface area contributed by atoms with Crippen molar-refractivity contribution in [1.29, 1.82) is 0 Å². The highest BCUT2D eigenvalue weighted by atomic mass is 32.2. The fraction of sp³-hybridized carbons (Fsp3) is 0.625. The third kappa shape index (κ3) is 2.64. The van der Waals surface area contributed by atoms with Gasteiger partial charge in [0.25, 0.3) is 0 Å². The first-order valence-corrected chi connectivity index (χ1v) is 8.97. The Bertz CT molecular complexity index is 654. The quantitative estimate of drug-likeness (QED) is 0.877. The molecule has 0 aromatic carbocycles. The number of rotatable bonds is 4. The molecule has 0 bridgehead atoms. The van der Waals surface area contributed by atoms with Gasteiger partial charge in [0.05, 0.1) is 18.1 Å². The molecule has 2 atom stereocenters. The first-order chi connectivity index (χ1) is 10.8. The van der Waals surface area contributed by atoms with Crippen molar-refractivity contribution in [2.75, 3.05) is 6.61 Å². The zero-order valence-electron chi connectivity index (χ0n) is 12.5. The summed E-state index contributed by atoms with van der Waals surface area (Å²) in [4.78, 5) is 8.97. The molecule has 4 rings (SSSR count). The van der Waals surface area contributed by atoms with E-state index in [0.717, 1.165) is 28.9 Å². The van der Waals surface area contributed by atoms with E-state index in [9.17, 15) is 5.11 Å². The molecule has 3 heterocycles. The van der Waals surface area contributed by atoms with Gasteiger partial charge in [-0.2, -0.15) is 0 Å². The minimum atomic E-state index is -0.0448. The van der Waals surface area contributed by atoms with Crippen LogP contribution in [-0.2, 0) is 4.74 Å². The number of nitrogens with zero attached hydrogens (tertiary/aromatic N) is 3. The molecule has 1 aliphatic heterocycles. The maximum absolute atomic E-state index is 9.23. The molecule has 2 aromatic heterocycles. The van der Waals surface area contributed by atoms with Crippen LogP contribution in [0.5, 0.6) is 0 Å². The van der Waals surface area contributed by atoms with E-state index < -0.39 is 0 Å². The van der Waals surface area contributed by atoms with E-state index in [1.807, 2.05) is 18.0 Å². The Kier molecular flexibility index (Phi) is 4.07. The van der Waals surface area contributed by atoms with E-state index in [2.05, 4.69) is 20.6 Å². The summed E-state index contributed by atoms with van der Waals surface area (Å²) >= 11 is 1.90. The first kappa shape index (κ1) is 14.5. The average molecular weight is 319 g/mol. The maximum Gasteiger partial charge on any atom is 0.146 e. The van der Waals surface area contributed by atoms with Gasteiger partial charge < -0.3 is 14.4 Å². The van der Waals surface area contributed by atoms with Gasteiger partial charge >= 0.3 is 0 Å². The van der Waals surface area contributed by atoms with Crippen LogP contribution in [0, 0.1) is 0 Å². The number of ether oxygens (including phenoxy) is 1. The molecule has 6 heteroatoms. The van der Waals surface area contributed by atoms with E-state index >= 15 is 0 Å². The monoisotopic (exact) mass is 319 g/mol. The predicted molar refractivity (Wildman–Crippen MR) is 85.9 cm³/mol. The van der Waals surface area contributed by atoms with Gasteiger partial charge in [-0.3, -0.25) is 0 Å². The summed E-state index contributed by atoms with van der Waals surface area (Å²) in [6.07, 6.45) is 10.7. The lowest BCUT2D eigenvalue weighted by atomic mass is 10.2. The maximum atomic E-state index is 9.23. The third-order valence-electron chi connectivity index (χ3n) is 4.65. The molecule has 0 radical (unpaired) electrons. The summed E-state index contributed by atoms with van der Waals surface area (Å²) in [6, 6.07) is 2.10. The fourth-order valence-electron chi connectivity index (χ4n) is 3.46. The topological polar surface area (TPSA) is 60.2 Å². The van der Waals surface area contributed by atoms with Gasteiger partial charge in [0.15, 0.2) is 0 Å². The van der Waals surface area contributed by atoms with Crippen LogP contribution in [0.1, 0.15) is 44.8 Å². The molecule has 0 spiro atoms. The normalized spacial score (nSPS) is 26.2. The number of aliphatic hydroxyl groups is 1. The molecule has 118 valence electrons. The smallest absolute Gasteiger partial charge is 0.146 e. The molecule has 1 saturated carbocycles. The zero-order valence-corrected chi connectivity index (χ0v) is 13.3. The van der Waals surface area contributed by atoms with Gasteiger partial charge in [-0.05, 0) is 31.7 Å². The molecule has 2 unspecified atom stereocenters. The molecule has 2 fully saturated rings. The van der Waals surface area contributed by atoms with Crippen molar-refractivity contribution in [1.82, 2.24) is 14.5 Å². The Morgan fingerprint density at radius 1 is 1.23 bits per heavy atom. The standard InChI is InChI=1S/C16H21N3O2S/c20-9-11-5-6-14(21-11)19-8-7-13-15(19)17-10-18-16(13)22-12-3-1-2-4-12/h7-8,10-12,14,20H,1-6,9H2. The molecule has 1 saturated heterocycles. The minimum Gasteiger partial charge on any atom is -0.394 e. The van der Waals surface area contributed by atoms with Crippen molar-refractivity contribution in [2.45, 2.75) is 61.1 Å². The van der Waals surface area contributed by atoms with Crippen LogP contribution in [-0.4, -0.2) is 37.6 Å². The van der Waals surface area contributed by atoms with Crippen LogP contribution in [0.15, 0.2) is 23.6 Å². The largest absolute Gasteiger partial charge is 0.394 e. The average Bonchev–Trinajstić information content (AvgIpc) is 3.27. The van der Waals surface area contributed by atoms with Crippen molar-refractivity contribution >= 4 is 22.8 Å². The van der Waals surface area contributed by atoms with E-state index in [1.54, 1.807) is 6.33 Å². The highest BCUT2D eigenvalue weighted by Gasteiger charge is 2.27. The second-order valence-corrected chi connectivity index (χ2v) is 7.43. The molecule has 0 amide bonds. The molecular weight excluding hydrogens is 298 g/mol. The van der Waals surface area contributed by atoms with Crippen LogP contribution >= 0.6 is 11.8 Å². The van der Waals surface area contributed by atoms with Gasteiger partial charge in [-0.1, -0.05) is 12.8 Å². The molecule has 2 aromatic rings. The Balaban J connectivity index is 1.62. The second kappa shape index (κ2) is 6.18. The highest BCUT2D eigenvalue weighted by molar-refractivity contribution is 8.00. The Hall–Kier alpha value is -1.11. The second-order valence-electron chi connectivity index (χ2n) is 6.14. The van der Waals surface area contributed by atoms with Crippen LogP contribution in [0.4, 0.5) is 0 Å². The summed E-state index contributed by atoms with van der Waals surface area (Å²) in [6.45, 7) is 0.0907. The summed E-state index contributed by atoms with van der Waals surface area (Å²) in [5.74, 6) is 0. The number of fused-ring (bicyclic) bond motifs is 1. The van der Waals surface area contributed by atoms with Gasteiger partial charge in [-0.25, -0.2) is 9.97 Å². The Labute approximate surface area is 134 Å². The number of aromatic nitrogens is 3. The van der Waals surface area contributed by atoms with Crippen molar-refractivity contribution in [2.24, 2.45) is 0 Å². The molecule has 2 aliphatic rings. The van der Waals surface area contributed by atoms with Crippen LogP contribution in [0.2, 0.25) is 0 Å². The summed E-state index contributed by atoms with van der Waals surface area (Å²) < 4.78 is 7.97. The zero-order chi connectivity index (χ0) is 14.9. The SMILES string of the molecule is OCC1CCC(n2ccc3c(SC4CCCC4)ncnc32)O1. The number of thioether (sulfide) groups is 1. The summed E-state index contributed by atoms with van der Waals surface area (Å²) in [7, 11) is 0. The highest BCUT2D eigenvalue weighted by Crippen LogP contribution is 2.38. The van der Waals surface area contributed by atoms with Crippen molar-refractivity contribution in [3.05, 3.63) is 18.6 Å². The summed E-state index contributed by atoms with van der Waals surface area (Å²) in [5.41, 5.74) is 0.944. The number of aliphatic hydroxyl groups excluding tert-OH is 1. The third-order valence-corrected chi connectivity index (χ3v) is 6.01. The van der Waals surface area contributed by atoms with Crippen molar-refractivity contribution in [3.63, 3.8) is 0 Å². The van der Waals surface area contributed by atoms with Crippen molar-refractivity contribution < 1.29 is 9.84 Å².